The van der Waals surface area contributed by atoms with Crippen LogP contribution < -0.4 is 5.32 Å². The van der Waals surface area contributed by atoms with Gasteiger partial charge in [-0.05, 0) is 13.8 Å². The highest BCUT2D eigenvalue weighted by Crippen LogP contribution is 2.03. The Hall–Kier alpha value is -1.36. The molecule has 0 aliphatic carbocycles. The molecule has 0 aromatic carbocycles. The smallest absolute Gasteiger partial charge is 0.254 e. The summed E-state index contributed by atoms with van der Waals surface area (Å²) in [6.07, 6.45) is 1.13. The van der Waals surface area contributed by atoms with Crippen LogP contribution in [0.2, 0.25) is 0 Å². The molecule has 0 saturated carbocycles. The van der Waals surface area contributed by atoms with Crippen LogP contribution in [-0.4, -0.2) is 33.4 Å². The van der Waals surface area contributed by atoms with Gasteiger partial charge < -0.3 is 10.4 Å². The van der Waals surface area contributed by atoms with E-state index >= 15 is 0 Å². The van der Waals surface area contributed by atoms with Gasteiger partial charge in [0, 0.05) is 19.8 Å². The first-order valence-corrected chi connectivity index (χ1v) is 4.47. The van der Waals surface area contributed by atoms with Crippen molar-refractivity contribution < 1.29 is 9.90 Å². The van der Waals surface area contributed by atoms with Crippen LogP contribution >= 0.6 is 0 Å². The highest BCUT2D eigenvalue weighted by molar-refractivity contribution is 5.94. The number of rotatable bonds is 3. The lowest BCUT2D eigenvalue weighted by atomic mass is 10.2. The van der Waals surface area contributed by atoms with Gasteiger partial charge in [0.05, 0.1) is 17.4 Å². The molecule has 0 fully saturated rings. The van der Waals surface area contributed by atoms with E-state index in [2.05, 4.69) is 10.4 Å². The summed E-state index contributed by atoms with van der Waals surface area (Å²) < 4.78 is 1.59. The third-order valence-corrected chi connectivity index (χ3v) is 1.82. The molecule has 0 spiro atoms. The highest BCUT2D eigenvalue weighted by atomic mass is 16.3. The zero-order valence-electron chi connectivity index (χ0n) is 8.61. The molecule has 1 aromatic heterocycles. The van der Waals surface area contributed by atoms with E-state index in [1.165, 1.54) is 0 Å². The number of carbonyl (C=O) groups is 1. The first-order chi connectivity index (χ1) is 6.50. The van der Waals surface area contributed by atoms with Crippen molar-refractivity contribution in [1.29, 1.82) is 0 Å². The maximum Gasteiger partial charge on any atom is 0.254 e. The summed E-state index contributed by atoms with van der Waals surface area (Å²) in [5.74, 6) is -0.198. The fourth-order valence-electron chi connectivity index (χ4n) is 1.16. The van der Waals surface area contributed by atoms with Gasteiger partial charge in [-0.15, -0.1) is 0 Å². The van der Waals surface area contributed by atoms with Gasteiger partial charge >= 0.3 is 0 Å². The van der Waals surface area contributed by atoms with E-state index in [1.807, 2.05) is 0 Å². The second-order valence-electron chi connectivity index (χ2n) is 3.36. The standard InChI is InChI=1S/C9H15N3O2/c1-6(13)4-10-9(14)8-5-12(3)11-7(8)2/h5-6,13H,4H2,1-3H3,(H,10,14)/t6-/m0/s1. The van der Waals surface area contributed by atoms with Crippen molar-refractivity contribution in [1.82, 2.24) is 15.1 Å². The Morgan fingerprint density at radius 2 is 2.43 bits per heavy atom. The number of nitrogens with zero attached hydrogens (tertiary/aromatic N) is 2. The quantitative estimate of drug-likeness (QED) is 0.707. The molecule has 14 heavy (non-hydrogen) atoms. The summed E-state index contributed by atoms with van der Waals surface area (Å²) in [6.45, 7) is 3.65. The summed E-state index contributed by atoms with van der Waals surface area (Å²) in [5, 5.41) is 15.6. The number of aliphatic hydroxyl groups excluding tert-OH is 1. The molecule has 78 valence electrons. The first-order valence-electron chi connectivity index (χ1n) is 4.47. The number of aryl methyl sites for hydroxylation is 2. The van der Waals surface area contributed by atoms with Crippen molar-refractivity contribution >= 4 is 5.91 Å². The number of carbonyl (C=O) groups excluding carboxylic acids is 1. The van der Waals surface area contributed by atoms with Crippen LogP contribution in [0.3, 0.4) is 0 Å². The third-order valence-electron chi connectivity index (χ3n) is 1.82. The van der Waals surface area contributed by atoms with Crippen LogP contribution in [0.4, 0.5) is 0 Å². The van der Waals surface area contributed by atoms with Gasteiger partial charge in [-0.2, -0.15) is 5.10 Å². The number of nitrogens with one attached hydrogen (secondary N) is 1. The molecule has 0 bridgehead atoms. The average molecular weight is 197 g/mol. The molecule has 1 atom stereocenters. The van der Waals surface area contributed by atoms with E-state index in [4.69, 9.17) is 5.11 Å². The average Bonchev–Trinajstić information content (AvgIpc) is 2.41. The lowest BCUT2D eigenvalue weighted by Crippen LogP contribution is -2.30. The lowest BCUT2D eigenvalue weighted by molar-refractivity contribution is 0.0923. The van der Waals surface area contributed by atoms with Gasteiger partial charge in [-0.1, -0.05) is 0 Å². The number of aliphatic hydroxyl groups is 1. The van der Waals surface area contributed by atoms with Crippen molar-refractivity contribution in [2.45, 2.75) is 20.0 Å². The molecule has 1 aromatic rings. The van der Waals surface area contributed by atoms with E-state index in [0.29, 0.717) is 11.3 Å². The van der Waals surface area contributed by atoms with Crippen LogP contribution in [0.25, 0.3) is 0 Å². The number of hydrogen-bond acceptors (Lipinski definition) is 3. The lowest BCUT2D eigenvalue weighted by Gasteiger charge is -2.05. The largest absolute Gasteiger partial charge is 0.392 e. The van der Waals surface area contributed by atoms with Gasteiger partial charge in [-0.3, -0.25) is 9.48 Å². The van der Waals surface area contributed by atoms with E-state index in [0.717, 1.165) is 0 Å². The Labute approximate surface area is 82.7 Å². The maximum atomic E-state index is 11.5. The van der Waals surface area contributed by atoms with Gasteiger partial charge in [0.1, 0.15) is 0 Å². The molecule has 1 amide bonds. The normalized spacial score (nSPS) is 12.6. The monoisotopic (exact) mass is 197 g/mol. The Morgan fingerprint density at radius 3 is 2.86 bits per heavy atom. The molecule has 5 nitrogen and oxygen atoms in total. The molecule has 5 heteroatoms. The molecule has 0 unspecified atom stereocenters. The minimum Gasteiger partial charge on any atom is -0.392 e. The van der Waals surface area contributed by atoms with Crippen molar-refractivity contribution in [2.24, 2.45) is 7.05 Å². The van der Waals surface area contributed by atoms with Gasteiger partial charge in [-0.25, -0.2) is 0 Å². The van der Waals surface area contributed by atoms with Crippen LogP contribution in [0.15, 0.2) is 6.20 Å². The van der Waals surface area contributed by atoms with Crippen LogP contribution in [0, 0.1) is 6.92 Å². The second-order valence-corrected chi connectivity index (χ2v) is 3.36. The van der Waals surface area contributed by atoms with E-state index in [9.17, 15) is 4.79 Å². The number of amides is 1. The first kappa shape index (κ1) is 10.7. The zero-order valence-corrected chi connectivity index (χ0v) is 8.61. The van der Waals surface area contributed by atoms with Crippen LogP contribution in [0.1, 0.15) is 23.0 Å². The fourth-order valence-corrected chi connectivity index (χ4v) is 1.16. The minimum absolute atomic E-state index is 0.198. The van der Waals surface area contributed by atoms with E-state index in [-0.39, 0.29) is 12.5 Å². The molecular formula is C9H15N3O2. The molecule has 0 aliphatic rings. The molecule has 0 saturated heterocycles. The summed E-state index contributed by atoms with van der Waals surface area (Å²) in [6, 6.07) is 0. The summed E-state index contributed by atoms with van der Waals surface area (Å²) >= 11 is 0. The predicted molar refractivity (Wildman–Crippen MR) is 52.0 cm³/mol. The molecule has 2 N–H and O–H groups in total. The fraction of sp³-hybridized carbons (Fsp3) is 0.556. The van der Waals surface area contributed by atoms with Crippen molar-refractivity contribution in [3.05, 3.63) is 17.5 Å². The maximum absolute atomic E-state index is 11.5. The van der Waals surface area contributed by atoms with Gasteiger partial charge in [0.25, 0.3) is 5.91 Å². The predicted octanol–water partition coefficient (Wildman–Crippen LogP) is -0.161. The Balaban J connectivity index is 2.65. The van der Waals surface area contributed by atoms with Gasteiger partial charge in [0.15, 0.2) is 0 Å². The second kappa shape index (κ2) is 4.23. The van der Waals surface area contributed by atoms with Crippen molar-refractivity contribution in [2.75, 3.05) is 6.54 Å². The SMILES string of the molecule is Cc1nn(C)cc1C(=O)NC[C@H](C)O. The Morgan fingerprint density at radius 1 is 1.79 bits per heavy atom. The molecule has 1 heterocycles. The number of aromatic nitrogens is 2. The Kier molecular flexibility index (Phi) is 3.24. The zero-order chi connectivity index (χ0) is 10.7. The number of hydrogen-bond donors (Lipinski definition) is 2. The third kappa shape index (κ3) is 2.56. The van der Waals surface area contributed by atoms with Gasteiger partial charge in [0.2, 0.25) is 0 Å². The summed E-state index contributed by atoms with van der Waals surface area (Å²) in [7, 11) is 1.76. The molecule has 0 radical (unpaired) electrons. The molecular weight excluding hydrogens is 182 g/mol. The topological polar surface area (TPSA) is 67.2 Å². The highest BCUT2D eigenvalue weighted by Gasteiger charge is 2.12. The summed E-state index contributed by atoms with van der Waals surface area (Å²) in [4.78, 5) is 11.5. The van der Waals surface area contributed by atoms with Crippen LogP contribution in [0.5, 0.6) is 0 Å². The van der Waals surface area contributed by atoms with Crippen molar-refractivity contribution in [3.8, 4) is 0 Å². The van der Waals surface area contributed by atoms with Crippen molar-refractivity contribution in [3.63, 3.8) is 0 Å². The molecule has 1 rings (SSSR count). The molecule has 0 aliphatic heterocycles. The minimum atomic E-state index is -0.532. The van der Waals surface area contributed by atoms with E-state index < -0.39 is 6.10 Å². The Bertz CT molecular complexity index is 331. The van der Waals surface area contributed by atoms with E-state index in [1.54, 1.807) is 31.8 Å². The summed E-state index contributed by atoms with van der Waals surface area (Å²) in [5.41, 5.74) is 1.24. The van der Waals surface area contributed by atoms with Crippen LogP contribution in [-0.2, 0) is 7.05 Å².